The van der Waals surface area contributed by atoms with Crippen LogP contribution in [0.15, 0.2) is 37.0 Å². The second kappa shape index (κ2) is 9.67. The molecule has 0 bridgehead atoms. The molecule has 0 saturated carbocycles. The van der Waals surface area contributed by atoms with Crippen LogP contribution in [0.1, 0.15) is 0 Å². The van der Waals surface area contributed by atoms with Crippen molar-refractivity contribution in [3.8, 4) is 12.1 Å². The molecule has 0 heterocycles. The molecule has 0 fully saturated rings. The SMILES string of the molecule is C=CC(N)=O.C=CC=C(C#N)C#N. The lowest BCUT2D eigenvalue weighted by atomic mass is 10.3. The van der Waals surface area contributed by atoms with Gasteiger partial charge in [0.15, 0.2) is 0 Å². The third-order valence-corrected chi connectivity index (χ3v) is 0.727. The molecule has 0 aromatic carbocycles. The Bertz CT molecular complexity index is 286. The van der Waals surface area contributed by atoms with Crippen LogP contribution in [-0.2, 0) is 4.79 Å². The van der Waals surface area contributed by atoms with Gasteiger partial charge in [0.25, 0.3) is 0 Å². The lowest BCUT2D eigenvalue weighted by molar-refractivity contribution is -0.113. The van der Waals surface area contributed by atoms with Crippen LogP contribution in [0, 0.1) is 22.7 Å². The molecule has 0 atom stereocenters. The molecule has 1 amide bonds. The zero-order valence-corrected chi connectivity index (χ0v) is 7.03. The van der Waals surface area contributed by atoms with Crippen LogP contribution >= 0.6 is 0 Å². The van der Waals surface area contributed by atoms with Crippen LogP contribution < -0.4 is 5.73 Å². The Morgan fingerprint density at radius 1 is 1.31 bits per heavy atom. The molecule has 2 N–H and O–H groups in total. The smallest absolute Gasteiger partial charge is 0.240 e. The molecule has 4 nitrogen and oxygen atoms in total. The number of carbonyl (C=O) groups is 1. The van der Waals surface area contributed by atoms with Gasteiger partial charge < -0.3 is 5.73 Å². The maximum Gasteiger partial charge on any atom is 0.240 e. The van der Waals surface area contributed by atoms with Crippen molar-refractivity contribution >= 4 is 5.91 Å². The Kier molecular flexibility index (Phi) is 9.87. The Morgan fingerprint density at radius 3 is 1.77 bits per heavy atom. The van der Waals surface area contributed by atoms with Crippen LogP contribution in [0.4, 0.5) is 0 Å². The molecule has 0 aromatic heterocycles. The average molecular weight is 175 g/mol. The minimum Gasteiger partial charge on any atom is -0.366 e. The normalized spacial score (nSPS) is 6.00. The molecule has 0 aromatic rings. The van der Waals surface area contributed by atoms with E-state index in [9.17, 15) is 4.79 Å². The molecule has 0 saturated heterocycles. The summed E-state index contributed by atoms with van der Waals surface area (Å²) in [4.78, 5) is 9.47. The summed E-state index contributed by atoms with van der Waals surface area (Å²) < 4.78 is 0. The van der Waals surface area contributed by atoms with E-state index in [0.29, 0.717) is 0 Å². The van der Waals surface area contributed by atoms with Crippen molar-refractivity contribution in [2.45, 2.75) is 0 Å². The minimum absolute atomic E-state index is 0.0833. The van der Waals surface area contributed by atoms with Crippen LogP contribution in [-0.4, -0.2) is 5.91 Å². The van der Waals surface area contributed by atoms with Crippen molar-refractivity contribution in [2.75, 3.05) is 0 Å². The van der Waals surface area contributed by atoms with Crippen molar-refractivity contribution in [3.05, 3.63) is 37.0 Å². The van der Waals surface area contributed by atoms with Crippen LogP contribution in [0.5, 0.6) is 0 Å². The Balaban J connectivity index is 0. The summed E-state index contributed by atoms with van der Waals surface area (Å²) in [6.45, 7) is 6.40. The van der Waals surface area contributed by atoms with Crippen LogP contribution in [0.2, 0.25) is 0 Å². The number of amides is 1. The first-order valence-corrected chi connectivity index (χ1v) is 3.17. The van der Waals surface area contributed by atoms with Gasteiger partial charge in [-0.05, 0) is 12.2 Å². The van der Waals surface area contributed by atoms with Gasteiger partial charge in [-0.1, -0.05) is 19.2 Å². The van der Waals surface area contributed by atoms with Gasteiger partial charge in [0.1, 0.15) is 17.7 Å². The highest BCUT2D eigenvalue weighted by molar-refractivity contribution is 5.84. The Hall–Kier alpha value is -2.33. The summed E-state index contributed by atoms with van der Waals surface area (Å²) in [7, 11) is 0. The summed E-state index contributed by atoms with van der Waals surface area (Å²) in [6, 6.07) is 3.36. The molecule has 0 aliphatic rings. The zero-order chi connectivity index (χ0) is 10.7. The van der Waals surface area contributed by atoms with Crippen molar-refractivity contribution in [1.82, 2.24) is 0 Å². The van der Waals surface area contributed by atoms with E-state index in [1.807, 2.05) is 0 Å². The van der Waals surface area contributed by atoms with Gasteiger partial charge >= 0.3 is 0 Å². The third kappa shape index (κ3) is 12.8. The van der Waals surface area contributed by atoms with Crippen LogP contribution in [0.3, 0.4) is 0 Å². The minimum atomic E-state index is -0.481. The molecule has 66 valence electrons. The van der Waals surface area contributed by atoms with Gasteiger partial charge in [0.05, 0.1) is 0 Å². The first kappa shape index (κ1) is 13.3. The Labute approximate surface area is 76.9 Å². The van der Waals surface area contributed by atoms with Gasteiger partial charge in [-0.2, -0.15) is 10.5 Å². The summed E-state index contributed by atoms with van der Waals surface area (Å²) in [6.07, 6.45) is 3.82. The number of primary amides is 1. The highest BCUT2D eigenvalue weighted by Crippen LogP contribution is 1.86. The number of rotatable bonds is 2. The lowest BCUT2D eigenvalue weighted by Gasteiger charge is -1.69. The second-order valence-electron chi connectivity index (χ2n) is 1.65. The molecular weight excluding hydrogens is 166 g/mol. The van der Waals surface area contributed by atoms with Gasteiger partial charge in [-0.15, -0.1) is 0 Å². The lowest BCUT2D eigenvalue weighted by Crippen LogP contribution is -2.04. The van der Waals surface area contributed by atoms with Crippen LogP contribution in [0.25, 0.3) is 0 Å². The molecular formula is C9H9N3O. The highest BCUT2D eigenvalue weighted by Gasteiger charge is 1.83. The average Bonchev–Trinajstić information content (AvgIpc) is 2.15. The maximum atomic E-state index is 9.47. The van der Waals surface area contributed by atoms with E-state index < -0.39 is 5.91 Å². The molecule has 4 heteroatoms. The fourth-order valence-electron chi connectivity index (χ4n) is 0.217. The molecule has 0 rings (SSSR count). The molecule has 13 heavy (non-hydrogen) atoms. The number of hydrogen-bond donors (Lipinski definition) is 1. The van der Waals surface area contributed by atoms with E-state index in [-0.39, 0.29) is 5.57 Å². The van der Waals surface area contributed by atoms with Crippen molar-refractivity contribution in [1.29, 1.82) is 10.5 Å². The van der Waals surface area contributed by atoms with Crippen molar-refractivity contribution in [2.24, 2.45) is 5.73 Å². The summed E-state index contributed by atoms with van der Waals surface area (Å²) in [5, 5.41) is 16.1. The van der Waals surface area contributed by atoms with Crippen molar-refractivity contribution in [3.63, 3.8) is 0 Å². The third-order valence-electron chi connectivity index (χ3n) is 0.727. The molecule has 0 spiro atoms. The van der Waals surface area contributed by atoms with Gasteiger partial charge in [-0.3, -0.25) is 4.79 Å². The number of carbonyl (C=O) groups excluding carboxylic acids is 1. The van der Waals surface area contributed by atoms with E-state index in [2.05, 4.69) is 18.9 Å². The van der Waals surface area contributed by atoms with E-state index in [4.69, 9.17) is 10.5 Å². The van der Waals surface area contributed by atoms with E-state index >= 15 is 0 Å². The maximum absolute atomic E-state index is 9.47. The Morgan fingerprint density at radius 2 is 1.69 bits per heavy atom. The molecule has 0 aliphatic carbocycles. The number of nitriles is 2. The van der Waals surface area contributed by atoms with E-state index in [1.54, 1.807) is 12.1 Å². The standard InChI is InChI=1S/C6H4N2.C3H5NO/c1-2-3-6(4-7)5-8;1-2-3(4)5/h2-3H,1H2;2H,1H2,(H2,4,5). The number of hydrogen-bond acceptors (Lipinski definition) is 3. The zero-order valence-electron chi connectivity index (χ0n) is 7.03. The summed E-state index contributed by atoms with van der Waals surface area (Å²) >= 11 is 0. The summed E-state index contributed by atoms with van der Waals surface area (Å²) in [5.74, 6) is -0.481. The van der Waals surface area contributed by atoms with Gasteiger partial charge in [0, 0.05) is 0 Å². The summed E-state index contributed by atoms with van der Waals surface area (Å²) in [5.41, 5.74) is 4.62. The number of allylic oxidation sites excluding steroid dienone is 3. The molecule has 0 unspecified atom stereocenters. The van der Waals surface area contributed by atoms with Gasteiger partial charge in [-0.25, -0.2) is 0 Å². The quantitative estimate of drug-likeness (QED) is 0.382. The molecule has 0 aliphatic heterocycles. The number of nitrogens with two attached hydrogens (primary N) is 1. The fourth-order valence-corrected chi connectivity index (χ4v) is 0.217. The van der Waals surface area contributed by atoms with Gasteiger partial charge in [0.2, 0.25) is 5.91 Å². The molecule has 0 radical (unpaired) electrons. The van der Waals surface area contributed by atoms with E-state index in [0.717, 1.165) is 6.08 Å². The predicted molar refractivity (Wildman–Crippen MR) is 48.9 cm³/mol. The first-order valence-electron chi connectivity index (χ1n) is 3.17. The largest absolute Gasteiger partial charge is 0.366 e. The monoisotopic (exact) mass is 175 g/mol. The second-order valence-corrected chi connectivity index (χ2v) is 1.65. The highest BCUT2D eigenvalue weighted by atomic mass is 16.1. The number of nitrogens with zero attached hydrogens (tertiary/aromatic N) is 2. The first-order chi connectivity index (χ1) is 6.12. The fraction of sp³-hybridized carbons (Fsp3) is 0. The predicted octanol–water partition coefficient (Wildman–Crippen LogP) is 0.804. The van der Waals surface area contributed by atoms with Crippen molar-refractivity contribution < 1.29 is 4.79 Å². The van der Waals surface area contributed by atoms with E-state index in [1.165, 1.54) is 12.2 Å². The topological polar surface area (TPSA) is 90.7 Å².